The number of carboxylic acids is 1. The number of ketones is 1. The van der Waals surface area contributed by atoms with E-state index < -0.39 is 17.9 Å². The van der Waals surface area contributed by atoms with Gasteiger partial charge in [-0.25, -0.2) is 9.97 Å². The average Bonchev–Trinajstić information content (AvgIpc) is 3.80. The van der Waals surface area contributed by atoms with Crippen molar-refractivity contribution in [2.24, 2.45) is 29.6 Å². The normalized spacial score (nSPS) is 27.6. The summed E-state index contributed by atoms with van der Waals surface area (Å²) in [6, 6.07) is 10.8. The lowest BCUT2D eigenvalue weighted by molar-refractivity contribution is -0.142. The molecule has 8 nitrogen and oxygen atoms in total. The quantitative estimate of drug-likeness (QED) is 0.169. The van der Waals surface area contributed by atoms with Gasteiger partial charge < -0.3 is 15.7 Å². The van der Waals surface area contributed by atoms with E-state index in [1.165, 1.54) is 68.3 Å². The van der Waals surface area contributed by atoms with E-state index in [1.54, 1.807) is 0 Å². The molecule has 3 aromatic rings. The molecule has 2 aliphatic carbocycles. The Morgan fingerprint density at radius 2 is 1.67 bits per heavy atom. The summed E-state index contributed by atoms with van der Waals surface area (Å²) in [5, 5.41) is 16.2. The number of aromatic nitrogens is 2. The summed E-state index contributed by atoms with van der Waals surface area (Å²) < 4.78 is 0. The van der Waals surface area contributed by atoms with Gasteiger partial charge in [0.1, 0.15) is 0 Å². The number of Topliss-reactive ketones (excluding diaryl/α,β-unsaturated/α-hetero) is 1. The molecule has 4 aliphatic rings. The number of carbonyl (C=O) groups is 3. The minimum absolute atomic E-state index is 0.00102. The lowest BCUT2D eigenvalue weighted by atomic mass is 9.70. The molecule has 54 heavy (non-hydrogen) atoms. The van der Waals surface area contributed by atoms with Gasteiger partial charge in [0.15, 0.2) is 11.6 Å². The fourth-order valence-electron chi connectivity index (χ4n) is 9.78. The molecule has 1 saturated carbocycles. The number of aliphatic carboxylic acids is 1. The molecular formula is C45H58N4O4S. The molecule has 2 saturated heterocycles. The first kappa shape index (κ1) is 38.6. The summed E-state index contributed by atoms with van der Waals surface area (Å²) >= 11 is 1.46. The zero-order valence-corrected chi connectivity index (χ0v) is 33.3. The largest absolute Gasteiger partial charge is 0.481 e. The van der Waals surface area contributed by atoms with Gasteiger partial charge in [-0.3, -0.25) is 14.4 Å². The van der Waals surface area contributed by atoms with Gasteiger partial charge in [-0.1, -0.05) is 83.7 Å². The summed E-state index contributed by atoms with van der Waals surface area (Å²) in [5.41, 5.74) is 4.22. The monoisotopic (exact) mass is 750 g/mol. The SMILES string of the molecule is CCCC1CCC(C2CC=C(c3cnc(-c4ccc(CC(NC(=O)c5ccc(C(C)(C)C)s5)C(=O)C5CC6CC(C(=O)O)C(C5)N6)cc4)nc3)CC2)CC1. The predicted molar refractivity (Wildman–Crippen MR) is 215 cm³/mol. The van der Waals surface area contributed by atoms with Crippen LogP contribution in [-0.4, -0.2) is 50.9 Å². The van der Waals surface area contributed by atoms with Crippen LogP contribution in [0.25, 0.3) is 17.0 Å². The maximum absolute atomic E-state index is 14.2. The second-order valence-electron chi connectivity index (χ2n) is 17.7. The number of hydrogen-bond donors (Lipinski definition) is 3. The number of thiophene rings is 1. The summed E-state index contributed by atoms with van der Waals surface area (Å²) in [6.45, 7) is 8.67. The molecule has 1 aromatic carbocycles. The minimum Gasteiger partial charge on any atom is -0.481 e. The molecule has 6 atom stereocenters. The minimum atomic E-state index is -0.812. The van der Waals surface area contributed by atoms with Crippen molar-refractivity contribution in [3.05, 3.63) is 75.7 Å². The number of nitrogens with one attached hydrogen (secondary N) is 2. The van der Waals surface area contributed by atoms with E-state index >= 15 is 0 Å². The number of piperidine rings is 1. The first-order chi connectivity index (χ1) is 25.9. The van der Waals surface area contributed by atoms with E-state index in [2.05, 4.69) is 44.4 Å². The molecule has 4 heterocycles. The molecule has 1 amide bonds. The molecule has 2 bridgehead atoms. The fraction of sp³-hybridized carbons (Fsp3) is 0.578. The van der Waals surface area contributed by atoms with Crippen molar-refractivity contribution in [2.75, 3.05) is 0 Å². The Balaban J connectivity index is 1.01. The highest BCUT2D eigenvalue weighted by Crippen LogP contribution is 2.42. The molecule has 3 N–H and O–H groups in total. The van der Waals surface area contributed by atoms with Gasteiger partial charge >= 0.3 is 5.97 Å². The topological polar surface area (TPSA) is 121 Å². The number of nitrogens with zero attached hydrogens (tertiary/aromatic N) is 2. The highest BCUT2D eigenvalue weighted by molar-refractivity contribution is 7.14. The lowest BCUT2D eigenvalue weighted by Crippen LogP contribution is -2.49. The number of fused-ring (bicyclic) bond motifs is 2. The van der Waals surface area contributed by atoms with Gasteiger partial charge in [-0.05, 0) is 104 Å². The number of hydrogen-bond acceptors (Lipinski definition) is 7. The van der Waals surface area contributed by atoms with Gasteiger partial charge in [0, 0.05) is 46.4 Å². The molecule has 0 spiro atoms. The van der Waals surface area contributed by atoms with Crippen LogP contribution < -0.4 is 10.6 Å². The van der Waals surface area contributed by atoms with Crippen LogP contribution in [0.4, 0.5) is 0 Å². The highest BCUT2D eigenvalue weighted by Gasteiger charge is 2.46. The van der Waals surface area contributed by atoms with Crippen molar-refractivity contribution in [3.8, 4) is 11.4 Å². The van der Waals surface area contributed by atoms with Crippen LogP contribution in [0, 0.1) is 29.6 Å². The van der Waals surface area contributed by atoms with Crippen molar-refractivity contribution >= 4 is 34.6 Å². The predicted octanol–water partition coefficient (Wildman–Crippen LogP) is 9.04. The van der Waals surface area contributed by atoms with Crippen LogP contribution in [-0.2, 0) is 21.4 Å². The average molecular weight is 751 g/mol. The molecule has 6 unspecified atom stereocenters. The first-order valence-electron chi connectivity index (χ1n) is 20.5. The van der Waals surface area contributed by atoms with Crippen molar-refractivity contribution < 1.29 is 19.5 Å². The Morgan fingerprint density at radius 1 is 0.926 bits per heavy atom. The van der Waals surface area contributed by atoms with Crippen LogP contribution in [0.5, 0.6) is 0 Å². The number of allylic oxidation sites excluding steroid dienone is 2. The van der Waals surface area contributed by atoms with E-state index in [0.29, 0.717) is 36.4 Å². The Labute approximate surface area is 325 Å². The van der Waals surface area contributed by atoms with Gasteiger partial charge in [0.25, 0.3) is 5.91 Å². The molecule has 2 aromatic heterocycles. The van der Waals surface area contributed by atoms with E-state index in [4.69, 9.17) is 9.97 Å². The van der Waals surface area contributed by atoms with Crippen LogP contribution in [0.3, 0.4) is 0 Å². The second kappa shape index (κ2) is 16.6. The third kappa shape index (κ3) is 8.89. The highest BCUT2D eigenvalue weighted by atomic mass is 32.1. The van der Waals surface area contributed by atoms with Crippen molar-refractivity contribution in [1.29, 1.82) is 0 Å². The fourth-order valence-corrected chi connectivity index (χ4v) is 10.7. The standard InChI is InChI=1S/C45H58N4O4S/c1-5-6-27-7-11-29(12-8-27)30-15-17-31(18-16-30)34-25-46-42(47-26-34)32-13-9-28(10-14-32)21-38(49-43(51)39-19-20-40(54-39)45(2,3)4)41(50)33-22-35-24-36(44(52)53)37(23-33)48-35/h9-10,13-14,17,19-20,25-27,29-30,33,35-38,48H,5-8,11-12,15-16,18,21-24H2,1-4H3,(H,49,51)(H,52,53). The second-order valence-corrected chi connectivity index (χ2v) is 18.8. The van der Waals surface area contributed by atoms with Crippen LogP contribution in [0.1, 0.15) is 130 Å². The van der Waals surface area contributed by atoms with Gasteiger partial charge in [0.05, 0.1) is 16.8 Å². The van der Waals surface area contributed by atoms with Crippen molar-refractivity contribution in [1.82, 2.24) is 20.6 Å². The Morgan fingerprint density at radius 3 is 2.30 bits per heavy atom. The molecule has 288 valence electrons. The molecular weight excluding hydrogens is 693 g/mol. The maximum Gasteiger partial charge on any atom is 0.308 e. The molecule has 3 fully saturated rings. The van der Waals surface area contributed by atoms with Crippen LogP contribution in [0.2, 0.25) is 0 Å². The Bertz CT molecular complexity index is 1820. The van der Waals surface area contributed by atoms with E-state index in [0.717, 1.165) is 45.7 Å². The molecule has 9 heteroatoms. The number of benzene rings is 1. The molecule has 0 radical (unpaired) electrons. The molecule has 2 aliphatic heterocycles. The zero-order chi connectivity index (χ0) is 38.0. The Hall–Kier alpha value is -3.69. The molecule has 7 rings (SSSR count). The van der Waals surface area contributed by atoms with E-state index in [9.17, 15) is 19.5 Å². The smallest absolute Gasteiger partial charge is 0.308 e. The van der Waals surface area contributed by atoms with Crippen molar-refractivity contribution in [2.45, 2.75) is 135 Å². The number of carboxylic acid groups (broad SMARTS) is 1. The Kier molecular flexibility index (Phi) is 11.8. The first-order valence-corrected chi connectivity index (χ1v) is 21.3. The summed E-state index contributed by atoms with van der Waals surface area (Å²) in [4.78, 5) is 50.9. The summed E-state index contributed by atoms with van der Waals surface area (Å²) in [5.74, 6) is 1.43. The lowest BCUT2D eigenvalue weighted by Gasteiger charge is -2.35. The zero-order valence-electron chi connectivity index (χ0n) is 32.5. The van der Waals surface area contributed by atoms with Gasteiger partial charge in [-0.2, -0.15) is 0 Å². The van der Waals surface area contributed by atoms with Gasteiger partial charge in [0.2, 0.25) is 0 Å². The van der Waals surface area contributed by atoms with Crippen LogP contribution >= 0.6 is 11.3 Å². The number of rotatable bonds is 12. The maximum atomic E-state index is 14.2. The summed E-state index contributed by atoms with van der Waals surface area (Å²) in [7, 11) is 0. The third-order valence-corrected chi connectivity index (χ3v) is 14.4. The van der Waals surface area contributed by atoms with Gasteiger partial charge in [-0.15, -0.1) is 11.3 Å². The number of carbonyl (C=O) groups excluding carboxylic acids is 2. The van der Waals surface area contributed by atoms with Crippen molar-refractivity contribution in [3.63, 3.8) is 0 Å². The summed E-state index contributed by atoms with van der Waals surface area (Å²) in [6.07, 6.45) is 20.2. The number of amides is 1. The van der Waals surface area contributed by atoms with E-state index in [-0.39, 0.29) is 35.1 Å². The van der Waals surface area contributed by atoms with E-state index in [1.807, 2.05) is 48.8 Å². The third-order valence-electron chi connectivity index (χ3n) is 12.9. The van der Waals surface area contributed by atoms with Crippen LogP contribution in [0.15, 0.2) is 54.9 Å².